The highest BCUT2D eigenvalue weighted by Crippen LogP contribution is 2.07. The van der Waals surface area contributed by atoms with Crippen LogP contribution in [0.25, 0.3) is 0 Å². The predicted molar refractivity (Wildman–Crippen MR) is 54.9 cm³/mol. The summed E-state index contributed by atoms with van der Waals surface area (Å²) in [5.74, 6) is 0.164. The smallest absolute Gasteiger partial charge is 0.224 e. The lowest BCUT2D eigenvalue weighted by Gasteiger charge is -2.15. The second-order valence-electron chi connectivity index (χ2n) is 3.77. The molecule has 0 radical (unpaired) electrons. The van der Waals surface area contributed by atoms with Crippen LogP contribution < -0.4 is 5.73 Å². The van der Waals surface area contributed by atoms with Gasteiger partial charge < -0.3 is 15.4 Å². The Kier molecular flexibility index (Phi) is 4.90. The Morgan fingerprint density at radius 3 is 2.93 bits per heavy atom. The van der Waals surface area contributed by atoms with E-state index in [2.05, 4.69) is 6.92 Å². The molecular formula is C10H20N2O2. The maximum atomic E-state index is 11.3. The summed E-state index contributed by atoms with van der Waals surface area (Å²) >= 11 is 0. The quantitative estimate of drug-likeness (QED) is 0.630. The third kappa shape index (κ3) is 3.64. The van der Waals surface area contributed by atoms with Gasteiger partial charge in [-0.3, -0.25) is 4.79 Å². The monoisotopic (exact) mass is 200 g/mol. The summed E-state index contributed by atoms with van der Waals surface area (Å²) in [6, 6.07) is 0.0261. The van der Waals surface area contributed by atoms with Crippen LogP contribution in [0, 0.1) is 0 Å². The third-order valence-corrected chi connectivity index (χ3v) is 2.39. The van der Waals surface area contributed by atoms with Crippen LogP contribution in [0.3, 0.4) is 0 Å². The Hall–Kier alpha value is -0.610. The van der Waals surface area contributed by atoms with Crippen LogP contribution in [-0.4, -0.2) is 43.2 Å². The fourth-order valence-electron chi connectivity index (χ4n) is 1.54. The molecule has 4 heteroatoms. The van der Waals surface area contributed by atoms with Crippen LogP contribution in [-0.2, 0) is 9.53 Å². The van der Waals surface area contributed by atoms with Gasteiger partial charge in [0.05, 0.1) is 6.61 Å². The van der Waals surface area contributed by atoms with E-state index in [4.69, 9.17) is 10.5 Å². The highest BCUT2D eigenvalue weighted by atomic mass is 16.5. The first-order valence-electron chi connectivity index (χ1n) is 5.35. The molecule has 0 aromatic rings. The van der Waals surface area contributed by atoms with Gasteiger partial charge in [-0.25, -0.2) is 0 Å². The molecule has 4 nitrogen and oxygen atoms in total. The van der Waals surface area contributed by atoms with Gasteiger partial charge in [-0.1, -0.05) is 13.3 Å². The van der Waals surface area contributed by atoms with Crippen molar-refractivity contribution in [1.29, 1.82) is 0 Å². The summed E-state index contributed by atoms with van der Waals surface area (Å²) in [4.78, 5) is 13.1. The number of unbranched alkanes of at least 4 members (excludes halogenated alkanes) is 1. The molecular weight excluding hydrogens is 180 g/mol. The van der Waals surface area contributed by atoms with Crippen molar-refractivity contribution in [2.24, 2.45) is 5.73 Å². The number of rotatable bonds is 6. The van der Waals surface area contributed by atoms with E-state index in [1.54, 1.807) is 4.90 Å². The summed E-state index contributed by atoms with van der Waals surface area (Å²) in [6.45, 7) is 4.95. The van der Waals surface area contributed by atoms with Gasteiger partial charge in [0.15, 0.2) is 0 Å². The number of nitrogens with zero attached hydrogens (tertiary/aromatic N) is 1. The van der Waals surface area contributed by atoms with Crippen molar-refractivity contribution < 1.29 is 9.53 Å². The van der Waals surface area contributed by atoms with Gasteiger partial charge in [-0.05, 0) is 6.42 Å². The molecule has 0 aromatic heterocycles. The average Bonchev–Trinajstić information content (AvgIpc) is 2.45. The molecule has 0 bridgehead atoms. The molecule has 0 spiro atoms. The van der Waals surface area contributed by atoms with Crippen molar-refractivity contribution in [1.82, 2.24) is 4.90 Å². The lowest BCUT2D eigenvalue weighted by molar-refractivity contribution is -0.128. The van der Waals surface area contributed by atoms with Crippen LogP contribution in [0.15, 0.2) is 0 Å². The second-order valence-corrected chi connectivity index (χ2v) is 3.77. The zero-order valence-electron chi connectivity index (χ0n) is 8.87. The summed E-state index contributed by atoms with van der Waals surface area (Å²) in [7, 11) is 0. The summed E-state index contributed by atoms with van der Waals surface area (Å²) in [6.07, 6.45) is 2.73. The maximum Gasteiger partial charge on any atom is 0.224 e. The molecule has 1 heterocycles. The van der Waals surface area contributed by atoms with E-state index < -0.39 is 0 Å². The first-order chi connectivity index (χ1) is 6.74. The van der Waals surface area contributed by atoms with Gasteiger partial charge >= 0.3 is 0 Å². The van der Waals surface area contributed by atoms with Crippen molar-refractivity contribution in [3.05, 3.63) is 0 Å². The van der Waals surface area contributed by atoms with Gasteiger partial charge in [0, 0.05) is 32.2 Å². The van der Waals surface area contributed by atoms with Crippen LogP contribution >= 0.6 is 0 Å². The minimum atomic E-state index is 0.0261. The van der Waals surface area contributed by atoms with Gasteiger partial charge in [-0.15, -0.1) is 0 Å². The highest BCUT2D eigenvalue weighted by molar-refractivity contribution is 5.79. The van der Waals surface area contributed by atoms with Crippen LogP contribution in [0.2, 0.25) is 0 Å². The van der Waals surface area contributed by atoms with E-state index in [9.17, 15) is 4.79 Å². The molecule has 1 rings (SSSR count). The minimum absolute atomic E-state index is 0.0261. The molecule has 1 aliphatic rings. The standard InChI is InChI=1S/C10H20N2O2/c1-2-3-5-14-6-4-12-8-9(11)7-10(12)13/h9H,2-8,11H2,1H3. The average molecular weight is 200 g/mol. The van der Waals surface area contributed by atoms with Crippen molar-refractivity contribution in [2.75, 3.05) is 26.3 Å². The largest absolute Gasteiger partial charge is 0.380 e. The Bertz CT molecular complexity index is 185. The number of hydrogen-bond acceptors (Lipinski definition) is 3. The van der Waals surface area contributed by atoms with Crippen molar-refractivity contribution >= 4 is 5.91 Å². The number of nitrogens with two attached hydrogens (primary N) is 1. The number of carbonyl (C=O) groups excluding carboxylic acids is 1. The van der Waals surface area contributed by atoms with E-state index in [0.29, 0.717) is 26.1 Å². The fourth-order valence-corrected chi connectivity index (χ4v) is 1.54. The Balaban J connectivity index is 2.04. The molecule has 2 N–H and O–H groups in total. The molecule has 0 aliphatic carbocycles. The molecule has 82 valence electrons. The summed E-state index contributed by atoms with van der Waals surface area (Å²) < 4.78 is 5.38. The maximum absolute atomic E-state index is 11.3. The number of ether oxygens (including phenoxy) is 1. The first kappa shape index (κ1) is 11.5. The van der Waals surface area contributed by atoms with Crippen LogP contribution in [0.1, 0.15) is 26.2 Å². The van der Waals surface area contributed by atoms with Gasteiger partial charge in [0.2, 0.25) is 5.91 Å². The minimum Gasteiger partial charge on any atom is -0.380 e. The van der Waals surface area contributed by atoms with Gasteiger partial charge in [0.1, 0.15) is 0 Å². The Morgan fingerprint density at radius 1 is 1.57 bits per heavy atom. The van der Waals surface area contributed by atoms with Crippen LogP contribution in [0.5, 0.6) is 0 Å². The summed E-state index contributed by atoms with van der Waals surface area (Å²) in [5, 5.41) is 0. The molecule has 0 aromatic carbocycles. The molecule has 1 aliphatic heterocycles. The molecule has 1 unspecified atom stereocenters. The molecule has 14 heavy (non-hydrogen) atoms. The van der Waals surface area contributed by atoms with Crippen LogP contribution in [0.4, 0.5) is 0 Å². The Labute approximate surface area is 85.4 Å². The SMILES string of the molecule is CCCCOCCN1CC(N)CC1=O. The van der Waals surface area contributed by atoms with E-state index >= 15 is 0 Å². The molecule has 1 saturated heterocycles. The molecule has 1 fully saturated rings. The predicted octanol–water partition coefficient (Wildman–Crippen LogP) is 0.363. The lowest BCUT2D eigenvalue weighted by Crippen LogP contribution is -2.31. The summed E-state index contributed by atoms with van der Waals surface area (Å²) in [5.41, 5.74) is 5.66. The first-order valence-corrected chi connectivity index (χ1v) is 5.35. The second kappa shape index (κ2) is 5.98. The number of carbonyl (C=O) groups is 1. The Morgan fingerprint density at radius 2 is 2.36 bits per heavy atom. The molecule has 1 amide bonds. The third-order valence-electron chi connectivity index (χ3n) is 2.39. The number of amides is 1. The van der Waals surface area contributed by atoms with E-state index in [0.717, 1.165) is 19.4 Å². The van der Waals surface area contributed by atoms with Crippen molar-refractivity contribution in [3.63, 3.8) is 0 Å². The number of likely N-dealkylation sites (tertiary alicyclic amines) is 1. The van der Waals surface area contributed by atoms with Crippen molar-refractivity contribution in [3.8, 4) is 0 Å². The zero-order valence-corrected chi connectivity index (χ0v) is 8.87. The van der Waals surface area contributed by atoms with Gasteiger partial charge in [-0.2, -0.15) is 0 Å². The van der Waals surface area contributed by atoms with E-state index in [1.807, 2.05) is 0 Å². The van der Waals surface area contributed by atoms with E-state index in [-0.39, 0.29) is 11.9 Å². The van der Waals surface area contributed by atoms with E-state index in [1.165, 1.54) is 0 Å². The topological polar surface area (TPSA) is 55.6 Å². The zero-order chi connectivity index (χ0) is 10.4. The number of hydrogen-bond donors (Lipinski definition) is 1. The normalized spacial score (nSPS) is 22.0. The fraction of sp³-hybridized carbons (Fsp3) is 0.900. The molecule has 0 saturated carbocycles. The lowest BCUT2D eigenvalue weighted by atomic mass is 10.3. The van der Waals surface area contributed by atoms with Crippen molar-refractivity contribution in [2.45, 2.75) is 32.2 Å². The highest BCUT2D eigenvalue weighted by Gasteiger charge is 2.25. The van der Waals surface area contributed by atoms with Gasteiger partial charge in [0.25, 0.3) is 0 Å². The molecule has 1 atom stereocenters.